The predicted octanol–water partition coefficient (Wildman–Crippen LogP) is 2.36. The van der Waals surface area contributed by atoms with Crippen LogP contribution in [-0.2, 0) is 16.6 Å². The zero-order valence-corrected chi connectivity index (χ0v) is 13.3. The van der Waals surface area contributed by atoms with Crippen molar-refractivity contribution < 1.29 is 8.42 Å². The van der Waals surface area contributed by atoms with E-state index in [1.165, 1.54) is 17.1 Å². The van der Waals surface area contributed by atoms with Gasteiger partial charge < -0.3 is 5.32 Å². The number of sulfonamides is 1. The Morgan fingerprint density at radius 2 is 2.00 bits per heavy atom. The van der Waals surface area contributed by atoms with Gasteiger partial charge in [-0.05, 0) is 37.8 Å². The van der Waals surface area contributed by atoms with Gasteiger partial charge in [0, 0.05) is 25.7 Å². The Balaban J connectivity index is 2.25. The van der Waals surface area contributed by atoms with Gasteiger partial charge in [0.25, 0.3) is 0 Å². The van der Waals surface area contributed by atoms with E-state index in [-0.39, 0.29) is 6.04 Å². The third kappa shape index (κ3) is 3.40. The van der Waals surface area contributed by atoms with Gasteiger partial charge >= 0.3 is 0 Å². The van der Waals surface area contributed by atoms with Crippen molar-refractivity contribution in [3.8, 4) is 0 Å². The van der Waals surface area contributed by atoms with Crippen molar-refractivity contribution in [1.29, 1.82) is 0 Å². The molecule has 20 heavy (non-hydrogen) atoms. The van der Waals surface area contributed by atoms with Crippen LogP contribution in [0.5, 0.6) is 0 Å². The summed E-state index contributed by atoms with van der Waals surface area (Å²) in [6.45, 7) is 4.55. The second-order valence-corrected chi connectivity index (χ2v) is 7.51. The van der Waals surface area contributed by atoms with E-state index in [1.54, 1.807) is 19.2 Å². The molecule has 0 bridgehead atoms. The van der Waals surface area contributed by atoms with Gasteiger partial charge in [0.05, 0.1) is 4.90 Å². The van der Waals surface area contributed by atoms with E-state index >= 15 is 0 Å². The number of rotatable bonds is 7. The average Bonchev–Trinajstić information content (AvgIpc) is 3.27. The molecule has 0 radical (unpaired) electrons. The second-order valence-electron chi connectivity index (χ2n) is 5.54. The molecule has 1 aliphatic carbocycles. The van der Waals surface area contributed by atoms with Crippen LogP contribution in [0.25, 0.3) is 0 Å². The molecule has 5 heteroatoms. The Labute approximate surface area is 122 Å². The minimum Gasteiger partial charge on any atom is -0.310 e. The highest BCUT2D eigenvalue weighted by molar-refractivity contribution is 7.89. The lowest BCUT2D eigenvalue weighted by Crippen LogP contribution is -2.35. The third-order valence-electron chi connectivity index (χ3n) is 4.00. The summed E-state index contributed by atoms with van der Waals surface area (Å²) in [5.41, 5.74) is 0.856. The van der Waals surface area contributed by atoms with Crippen LogP contribution < -0.4 is 5.32 Å². The van der Waals surface area contributed by atoms with Gasteiger partial charge in [-0.2, -0.15) is 4.31 Å². The fraction of sp³-hybridized carbons (Fsp3) is 0.600. The van der Waals surface area contributed by atoms with Crippen LogP contribution in [0.1, 0.15) is 38.7 Å². The number of hydrogen-bond acceptors (Lipinski definition) is 3. The lowest BCUT2D eigenvalue weighted by Gasteiger charge is -2.24. The minimum atomic E-state index is -3.42. The van der Waals surface area contributed by atoms with Crippen LogP contribution in [0.2, 0.25) is 0 Å². The van der Waals surface area contributed by atoms with Crippen molar-refractivity contribution in [3.05, 3.63) is 29.8 Å². The maximum Gasteiger partial charge on any atom is 0.243 e. The molecule has 0 saturated heterocycles. The monoisotopic (exact) mass is 296 g/mol. The van der Waals surface area contributed by atoms with Crippen LogP contribution >= 0.6 is 0 Å². The summed E-state index contributed by atoms with van der Waals surface area (Å²) >= 11 is 0. The molecule has 1 saturated carbocycles. The Bertz CT molecular complexity index is 553. The molecule has 1 aromatic rings. The van der Waals surface area contributed by atoms with E-state index in [0.29, 0.717) is 17.5 Å². The summed E-state index contributed by atoms with van der Waals surface area (Å²) in [6.07, 6.45) is 3.20. The molecule has 0 amide bonds. The molecule has 1 unspecified atom stereocenters. The quantitative estimate of drug-likeness (QED) is 0.840. The molecule has 1 atom stereocenters. The van der Waals surface area contributed by atoms with E-state index in [0.717, 1.165) is 12.0 Å². The summed E-state index contributed by atoms with van der Waals surface area (Å²) in [6, 6.07) is 7.86. The number of nitrogens with zero attached hydrogens (tertiary/aromatic N) is 1. The smallest absolute Gasteiger partial charge is 0.243 e. The Morgan fingerprint density at radius 1 is 1.35 bits per heavy atom. The molecule has 0 spiro atoms. The van der Waals surface area contributed by atoms with Gasteiger partial charge in [-0.15, -0.1) is 0 Å². The lowest BCUT2D eigenvalue weighted by atomic mass is 10.2. The fourth-order valence-corrected chi connectivity index (χ4v) is 3.75. The van der Waals surface area contributed by atoms with Crippen molar-refractivity contribution in [2.45, 2.75) is 56.6 Å². The third-order valence-corrected chi connectivity index (χ3v) is 6.07. The molecule has 1 fully saturated rings. The highest BCUT2D eigenvalue weighted by Gasteiger charge is 2.27. The molecule has 0 heterocycles. The maximum atomic E-state index is 12.7. The topological polar surface area (TPSA) is 49.4 Å². The zero-order valence-electron chi connectivity index (χ0n) is 12.5. The first-order valence-corrected chi connectivity index (χ1v) is 8.70. The van der Waals surface area contributed by atoms with Crippen LogP contribution in [0.3, 0.4) is 0 Å². The predicted molar refractivity (Wildman–Crippen MR) is 81.0 cm³/mol. The Morgan fingerprint density at radius 3 is 2.60 bits per heavy atom. The van der Waals surface area contributed by atoms with E-state index in [2.05, 4.69) is 5.32 Å². The standard InChI is InChI=1S/C15H24N2O2S/c1-4-12(2)17(3)20(18,19)15-8-6-5-7-13(15)11-16-14-9-10-14/h5-8,12,14,16H,4,9-11H2,1-3H3. The van der Waals surface area contributed by atoms with Gasteiger partial charge in [-0.3, -0.25) is 0 Å². The SMILES string of the molecule is CCC(C)N(C)S(=O)(=O)c1ccccc1CNC1CC1. The Hall–Kier alpha value is -0.910. The van der Waals surface area contributed by atoms with Gasteiger partial charge in [0.1, 0.15) is 0 Å². The maximum absolute atomic E-state index is 12.7. The molecule has 0 aliphatic heterocycles. The van der Waals surface area contributed by atoms with Crippen molar-refractivity contribution >= 4 is 10.0 Å². The average molecular weight is 296 g/mol. The fourth-order valence-electron chi connectivity index (χ4n) is 2.09. The first-order chi connectivity index (χ1) is 9.46. The van der Waals surface area contributed by atoms with E-state index in [1.807, 2.05) is 26.0 Å². The molecule has 0 aromatic heterocycles. The van der Waals surface area contributed by atoms with Crippen LogP contribution in [-0.4, -0.2) is 31.9 Å². The summed E-state index contributed by atoms with van der Waals surface area (Å²) in [4.78, 5) is 0.427. The molecule has 1 aromatic carbocycles. The summed E-state index contributed by atoms with van der Waals surface area (Å²) < 4.78 is 26.9. The molecule has 1 N–H and O–H groups in total. The van der Waals surface area contributed by atoms with Crippen molar-refractivity contribution in [2.75, 3.05) is 7.05 Å². The summed E-state index contributed by atoms with van der Waals surface area (Å²) in [7, 11) is -1.75. The normalized spacial score (nSPS) is 17.4. The molecule has 112 valence electrons. The van der Waals surface area contributed by atoms with Gasteiger partial charge in [-0.1, -0.05) is 25.1 Å². The number of benzene rings is 1. The number of nitrogens with one attached hydrogen (secondary N) is 1. The van der Waals surface area contributed by atoms with Crippen LogP contribution in [0.15, 0.2) is 29.2 Å². The van der Waals surface area contributed by atoms with Gasteiger partial charge in [-0.25, -0.2) is 8.42 Å². The van der Waals surface area contributed by atoms with Crippen molar-refractivity contribution in [2.24, 2.45) is 0 Å². The Kier molecular flexibility index (Phi) is 4.83. The first kappa shape index (κ1) is 15.5. The minimum absolute atomic E-state index is 0.00412. The lowest BCUT2D eigenvalue weighted by molar-refractivity contribution is 0.380. The van der Waals surface area contributed by atoms with Gasteiger partial charge in [0.2, 0.25) is 10.0 Å². The zero-order chi connectivity index (χ0) is 14.8. The molecule has 4 nitrogen and oxygen atoms in total. The second kappa shape index (κ2) is 6.24. The number of hydrogen-bond donors (Lipinski definition) is 1. The van der Waals surface area contributed by atoms with E-state index in [9.17, 15) is 8.42 Å². The molecule has 2 rings (SSSR count). The largest absolute Gasteiger partial charge is 0.310 e. The summed E-state index contributed by atoms with van der Waals surface area (Å²) in [5, 5.41) is 3.38. The van der Waals surface area contributed by atoms with Gasteiger partial charge in [0.15, 0.2) is 0 Å². The molecular formula is C15H24N2O2S. The highest BCUT2D eigenvalue weighted by atomic mass is 32.2. The molecule has 1 aliphatic rings. The highest BCUT2D eigenvalue weighted by Crippen LogP contribution is 2.24. The van der Waals surface area contributed by atoms with Crippen molar-refractivity contribution in [1.82, 2.24) is 9.62 Å². The molecular weight excluding hydrogens is 272 g/mol. The summed E-state index contributed by atoms with van der Waals surface area (Å²) in [5.74, 6) is 0. The van der Waals surface area contributed by atoms with Crippen LogP contribution in [0.4, 0.5) is 0 Å². The van der Waals surface area contributed by atoms with E-state index in [4.69, 9.17) is 0 Å². The van der Waals surface area contributed by atoms with Crippen molar-refractivity contribution in [3.63, 3.8) is 0 Å². The van der Waals surface area contributed by atoms with Crippen LogP contribution in [0, 0.1) is 0 Å². The van der Waals surface area contributed by atoms with E-state index < -0.39 is 10.0 Å². The first-order valence-electron chi connectivity index (χ1n) is 7.26.